The molecule has 1 saturated carbocycles. The Morgan fingerprint density at radius 3 is 2.88 bits per heavy atom. The summed E-state index contributed by atoms with van der Waals surface area (Å²) >= 11 is 1.64. The number of para-hydroxylation sites is 1. The Hall–Kier alpha value is -3.46. The van der Waals surface area contributed by atoms with Crippen LogP contribution in [-0.2, 0) is 25.9 Å². The molecule has 2 aliphatic rings. The van der Waals surface area contributed by atoms with E-state index in [0.29, 0.717) is 43.1 Å². The van der Waals surface area contributed by atoms with Gasteiger partial charge in [-0.05, 0) is 31.9 Å². The number of carbonyl (C=O) groups is 2. The molecular weight excluding hydrogens is 450 g/mol. The van der Waals surface area contributed by atoms with Crippen LogP contribution in [0.2, 0.25) is 0 Å². The highest BCUT2D eigenvalue weighted by molar-refractivity contribution is 7.09. The first-order chi connectivity index (χ1) is 16.6. The van der Waals surface area contributed by atoms with Gasteiger partial charge in [-0.2, -0.15) is 5.10 Å². The van der Waals surface area contributed by atoms with Gasteiger partial charge in [0.15, 0.2) is 11.5 Å². The number of aromatic nitrogens is 3. The molecule has 6 rings (SSSR count). The van der Waals surface area contributed by atoms with E-state index < -0.39 is 0 Å². The van der Waals surface area contributed by atoms with Crippen molar-refractivity contribution in [3.8, 4) is 0 Å². The molecule has 8 nitrogen and oxygen atoms in total. The van der Waals surface area contributed by atoms with Crippen LogP contribution in [0.25, 0.3) is 11.0 Å². The summed E-state index contributed by atoms with van der Waals surface area (Å²) < 4.78 is 7.77. The van der Waals surface area contributed by atoms with E-state index in [1.807, 2.05) is 41.4 Å². The smallest absolute Gasteiger partial charge is 0.289 e. The summed E-state index contributed by atoms with van der Waals surface area (Å²) in [4.78, 5) is 33.6. The predicted molar refractivity (Wildman–Crippen MR) is 128 cm³/mol. The van der Waals surface area contributed by atoms with Crippen molar-refractivity contribution in [1.29, 1.82) is 0 Å². The van der Waals surface area contributed by atoms with Gasteiger partial charge in [0, 0.05) is 53.5 Å². The van der Waals surface area contributed by atoms with E-state index in [0.717, 1.165) is 41.6 Å². The molecule has 1 N–H and O–H groups in total. The molecule has 0 bridgehead atoms. The molecule has 1 aromatic carbocycles. The maximum absolute atomic E-state index is 13.3. The monoisotopic (exact) mass is 475 g/mol. The predicted octanol–water partition coefficient (Wildman–Crippen LogP) is 3.73. The van der Waals surface area contributed by atoms with E-state index in [2.05, 4.69) is 10.3 Å². The summed E-state index contributed by atoms with van der Waals surface area (Å²) in [5, 5.41) is 8.69. The Balaban J connectivity index is 1.28. The highest BCUT2D eigenvalue weighted by Crippen LogP contribution is 2.28. The Kier molecular flexibility index (Phi) is 5.21. The maximum atomic E-state index is 13.3. The average Bonchev–Trinajstić information content (AvgIpc) is 3.25. The first-order valence-electron chi connectivity index (χ1n) is 11.6. The first kappa shape index (κ1) is 21.1. The van der Waals surface area contributed by atoms with Crippen molar-refractivity contribution in [3.63, 3.8) is 0 Å². The highest BCUT2D eigenvalue weighted by atomic mass is 32.1. The molecule has 0 atom stereocenters. The third-order valence-corrected chi connectivity index (χ3v) is 7.58. The lowest BCUT2D eigenvalue weighted by molar-refractivity contribution is 0.0701. The Bertz CT molecular complexity index is 1360. The van der Waals surface area contributed by atoms with Gasteiger partial charge in [-0.3, -0.25) is 14.3 Å². The van der Waals surface area contributed by atoms with Crippen LogP contribution in [0, 0.1) is 6.92 Å². The number of fused-ring (bicyclic) bond motifs is 2. The molecule has 0 saturated heterocycles. The van der Waals surface area contributed by atoms with E-state index in [1.54, 1.807) is 22.3 Å². The van der Waals surface area contributed by atoms with Gasteiger partial charge in [0.1, 0.15) is 5.58 Å². The summed E-state index contributed by atoms with van der Waals surface area (Å²) in [5.74, 6) is 0.00892. The van der Waals surface area contributed by atoms with Crippen LogP contribution in [0.15, 0.2) is 40.3 Å². The van der Waals surface area contributed by atoms with Crippen molar-refractivity contribution in [2.75, 3.05) is 6.54 Å². The molecule has 3 aromatic heterocycles. The second kappa shape index (κ2) is 8.39. The Labute approximate surface area is 200 Å². The van der Waals surface area contributed by atoms with Crippen LogP contribution < -0.4 is 5.32 Å². The first-order valence-corrected chi connectivity index (χ1v) is 12.5. The van der Waals surface area contributed by atoms with Crippen LogP contribution in [0.5, 0.6) is 0 Å². The molecule has 9 heteroatoms. The van der Waals surface area contributed by atoms with Crippen LogP contribution in [-0.4, -0.2) is 44.1 Å². The van der Waals surface area contributed by atoms with Crippen molar-refractivity contribution < 1.29 is 14.0 Å². The van der Waals surface area contributed by atoms with Crippen molar-refractivity contribution in [3.05, 3.63) is 69.1 Å². The Morgan fingerprint density at radius 1 is 1.26 bits per heavy atom. The third kappa shape index (κ3) is 3.90. The summed E-state index contributed by atoms with van der Waals surface area (Å²) in [6.45, 7) is 3.59. The maximum Gasteiger partial charge on any atom is 0.289 e. The van der Waals surface area contributed by atoms with Crippen LogP contribution in [0.4, 0.5) is 0 Å². The number of thiazole rings is 1. The number of hydrogen-bond acceptors (Lipinski definition) is 6. The number of aryl methyl sites for hydroxylation is 3. The molecule has 1 aliphatic carbocycles. The molecule has 0 unspecified atom stereocenters. The van der Waals surface area contributed by atoms with Gasteiger partial charge in [0.25, 0.3) is 11.8 Å². The van der Waals surface area contributed by atoms with E-state index in [9.17, 15) is 9.59 Å². The molecule has 0 radical (unpaired) electrons. The van der Waals surface area contributed by atoms with Gasteiger partial charge in [-0.1, -0.05) is 18.2 Å². The van der Waals surface area contributed by atoms with Gasteiger partial charge < -0.3 is 14.6 Å². The second-order valence-electron chi connectivity index (χ2n) is 8.98. The minimum atomic E-state index is -0.163. The minimum Gasteiger partial charge on any atom is -0.451 e. The second-order valence-corrected chi connectivity index (χ2v) is 9.92. The standard InChI is InChI=1S/C25H25N5O3S/c1-15-22(34-14-26-15)9-11-30-19-8-10-29(13-18(19)23(28-30)24(31)27-17-6-7-17)25(32)21-12-16-4-2-3-5-20(16)33-21/h2-5,12,14,17H,6-11,13H2,1H3,(H,27,31). The molecule has 174 valence electrons. The van der Waals surface area contributed by atoms with E-state index in [4.69, 9.17) is 9.52 Å². The van der Waals surface area contributed by atoms with Crippen molar-refractivity contribution in [2.24, 2.45) is 0 Å². The van der Waals surface area contributed by atoms with Crippen LogP contribution in [0.1, 0.15) is 55.7 Å². The minimum absolute atomic E-state index is 0.149. The highest BCUT2D eigenvalue weighted by Gasteiger charge is 2.33. The lowest BCUT2D eigenvalue weighted by Gasteiger charge is -2.27. The zero-order valence-corrected chi connectivity index (χ0v) is 19.7. The number of rotatable bonds is 6. The van der Waals surface area contributed by atoms with Crippen molar-refractivity contribution in [1.82, 2.24) is 25.0 Å². The van der Waals surface area contributed by atoms with Crippen molar-refractivity contribution >= 4 is 34.1 Å². The fraction of sp³-hybridized carbons (Fsp3) is 0.360. The lowest BCUT2D eigenvalue weighted by atomic mass is 10.0. The fourth-order valence-corrected chi connectivity index (χ4v) is 5.30. The summed E-state index contributed by atoms with van der Waals surface area (Å²) in [6, 6.07) is 9.63. The summed E-state index contributed by atoms with van der Waals surface area (Å²) in [7, 11) is 0. The number of hydrogen-bond donors (Lipinski definition) is 1. The van der Waals surface area contributed by atoms with E-state index in [-0.39, 0.29) is 17.9 Å². The fourth-order valence-electron chi connectivity index (χ4n) is 4.53. The summed E-state index contributed by atoms with van der Waals surface area (Å²) in [6.07, 6.45) is 3.48. The third-order valence-electron chi connectivity index (χ3n) is 6.58. The van der Waals surface area contributed by atoms with Gasteiger partial charge in [-0.25, -0.2) is 4.98 Å². The average molecular weight is 476 g/mol. The number of furan rings is 1. The van der Waals surface area contributed by atoms with Gasteiger partial charge in [-0.15, -0.1) is 11.3 Å². The van der Waals surface area contributed by atoms with E-state index in [1.165, 1.54) is 4.88 Å². The Morgan fingerprint density at radius 2 is 2.12 bits per heavy atom. The SMILES string of the molecule is Cc1ncsc1CCn1nc(C(=O)NC2CC2)c2c1CCN(C(=O)c1cc3ccccc3o1)C2. The lowest BCUT2D eigenvalue weighted by Crippen LogP contribution is -2.37. The zero-order valence-electron chi connectivity index (χ0n) is 18.9. The number of carbonyl (C=O) groups excluding carboxylic acids is 2. The number of benzene rings is 1. The van der Waals surface area contributed by atoms with Gasteiger partial charge in [0.2, 0.25) is 0 Å². The molecule has 2 amide bonds. The molecule has 1 aliphatic heterocycles. The molecular formula is C25H25N5O3S. The molecule has 4 heterocycles. The number of nitrogens with one attached hydrogen (secondary N) is 1. The van der Waals surface area contributed by atoms with Crippen LogP contribution >= 0.6 is 11.3 Å². The molecule has 1 fully saturated rings. The number of nitrogens with zero attached hydrogens (tertiary/aromatic N) is 4. The molecule has 4 aromatic rings. The topological polar surface area (TPSA) is 93.3 Å². The quantitative estimate of drug-likeness (QED) is 0.459. The van der Waals surface area contributed by atoms with Gasteiger partial charge in [0.05, 0.1) is 17.7 Å². The number of amides is 2. The normalized spacial score (nSPS) is 15.5. The van der Waals surface area contributed by atoms with E-state index >= 15 is 0 Å². The molecule has 34 heavy (non-hydrogen) atoms. The molecule has 0 spiro atoms. The van der Waals surface area contributed by atoms with Gasteiger partial charge >= 0.3 is 0 Å². The zero-order chi connectivity index (χ0) is 23.2. The largest absolute Gasteiger partial charge is 0.451 e. The summed E-state index contributed by atoms with van der Waals surface area (Å²) in [5.41, 5.74) is 5.91. The van der Waals surface area contributed by atoms with Crippen molar-refractivity contribution in [2.45, 2.75) is 51.7 Å². The van der Waals surface area contributed by atoms with Crippen LogP contribution in [0.3, 0.4) is 0 Å².